The lowest BCUT2D eigenvalue weighted by Crippen LogP contribution is -2.41. The highest BCUT2D eigenvalue weighted by Gasteiger charge is 2.29. The number of methoxy groups -OCH3 is 1. The van der Waals surface area contributed by atoms with Gasteiger partial charge in [-0.05, 0) is 61.1 Å². The Morgan fingerprint density at radius 1 is 1.13 bits per heavy atom. The lowest BCUT2D eigenvalue weighted by Gasteiger charge is -2.29. The molecular weight excluding hydrogens is 419 g/mol. The Bertz CT molecular complexity index is 1010. The number of carbonyl (C=O) groups is 1. The van der Waals surface area contributed by atoms with E-state index in [2.05, 4.69) is 17.0 Å². The molecule has 31 heavy (non-hydrogen) atoms. The standard InChI is InChI=1S/C23H29FN2O4S/c1-16-5-3-4-6-20(16)26-31(28,29)22-15-18(9-12-21(22)30-2)23(27)25-14-13-17-7-10-19(24)11-8-17/h7-12,15-16,20,26H,3-6,13-14H2,1-2H3,(H,25,27). The predicted molar refractivity (Wildman–Crippen MR) is 117 cm³/mol. The van der Waals surface area contributed by atoms with Crippen molar-refractivity contribution in [3.8, 4) is 5.75 Å². The first kappa shape index (κ1) is 23.2. The van der Waals surface area contributed by atoms with Crippen LogP contribution in [0.4, 0.5) is 4.39 Å². The van der Waals surface area contributed by atoms with E-state index in [-0.39, 0.29) is 39.9 Å². The van der Waals surface area contributed by atoms with Crippen LogP contribution in [0, 0.1) is 11.7 Å². The van der Waals surface area contributed by atoms with E-state index in [0.717, 1.165) is 31.2 Å². The SMILES string of the molecule is COc1ccc(C(=O)NCCc2ccc(F)cc2)cc1S(=O)(=O)NC1CCCCC1C. The number of carbonyl (C=O) groups excluding carboxylic acids is 1. The van der Waals surface area contributed by atoms with Gasteiger partial charge in [-0.2, -0.15) is 0 Å². The van der Waals surface area contributed by atoms with E-state index < -0.39 is 10.0 Å². The lowest BCUT2D eigenvalue weighted by atomic mass is 9.87. The maximum atomic E-state index is 13.1. The number of nitrogens with one attached hydrogen (secondary N) is 2. The van der Waals surface area contributed by atoms with Crippen molar-refractivity contribution < 1.29 is 22.3 Å². The van der Waals surface area contributed by atoms with Crippen molar-refractivity contribution in [3.05, 3.63) is 59.4 Å². The summed E-state index contributed by atoms with van der Waals surface area (Å²) in [4.78, 5) is 12.5. The summed E-state index contributed by atoms with van der Waals surface area (Å²) in [6, 6.07) is 10.3. The van der Waals surface area contributed by atoms with Gasteiger partial charge in [-0.3, -0.25) is 4.79 Å². The van der Waals surface area contributed by atoms with Gasteiger partial charge >= 0.3 is 0 Å². The van der Waals surface area contributed by atoms with Gasteiger partial charge in [-0.25, -0.2) is 17.5 Å². The molecular formula is C23H29FN2O4S. The molecule has 6 nitrogen and oxygen atoms in total. The molecule has 3 rings (SSSR count). The Morgan fingerprint density at radius 3 is 2.52 bits per heavy atom. The maximum Gasteiger partial charge on any atom is 0.251 e. The van der Waals surface area contributed by atoms with Crippen LogP contribution in [0.5, 0.6) is 5.75 Å². The monoisotopic (exact) mass is 448 g/mol. The molecule has 8 heteroatoms. The average molecular weight is 449 g/mol. The van der Waals surface area contributed by atoms with E-state index in [1.165, 1.54) is 37.4 Å². The number of sulfonamides is 1. The Kier molecular flexibility index (Phi) is 7.67. The Hall–Kier alpha value is -2.45. The molecule has 0 spiro atoms. The Balaban J connectivity index is 1.71. The summed E-state index contributed by atoms with van der Waals surface area (Å²) in [5, 5.41) is 2.78. The zero-order valence-electron chi connectivity index (χ0n) is 17.9. The molecule has 0 heterocycles. The fourth-order valence-corrected chi connectivity index (χ4v) is 5.43. The van der Waals surface area contributed by atoms with Gasteiger partial charge in [0, 0.05) is 18.2 Å². The second-order valence-electron chi connectivity index (χ2n) is 7.99. The van der Waals surface area contributed by atoms with Gasteiger partial charge in [0.25, 0.3) is 5.91 Å². The van der Waals surface area contributed by atoms with Crippen LogP contribution in [-0.4, -0.2) is 34.0 Å². The topological polar surface area (TPSA) is 84.5 Å². The molecule has 2 aromatic rings. The highest BCUT2D eigenvalue weighted by molar-refractivity contribution is 7.89. The van der Waals surface area contributed by atoms with Crippen LogP contribution >= 0.6 is 0 Å². The van der Waals surface area contributed by atoms with Crippen LogP contribution in [0.1, 0.15) is 48.5 Å². The van der Waals surface area contributed by atoms with Gasteiger partial charge in [0.15, 0.2) is 0 Å². The first-order chi connectivity index (χ1) is 14.8. The largest absolute Gasteiger partial charge is 0.495 e. The number of rotatable bonds is 8. The summed E-state index contributed by atoms with van der Waals surface area (Å²) >= 11 is 0. The van der Waals surface area contributed by atoms with Gasteiger partial charge in [0.05, 0.1) is 7.11 Å². The number of benzene rings is 2. The van der Waals surface area contributed by atoms with Crippen LogP contribution in [0.25, 0.3) is 0 Å². The van der Waals surface area contributed by atoms with Crippen molar-refractivity contribution in [2.45, 2.75) is 50.0 Å². The lowest BCUT2D eigenvalue weighted by molar-refractivity contribution is 0.0954. The van der Waals surface area contributed by atoms with Crippen LogP contribution in [0.3, 0.4) is 0 Å². The van der Waals surface area contributed by atoms with E-state index >= 15 is 0 Å². The minimum absolute atomic E-state index is 0.0426. The van der Waals surface area contributed by atoms with Crippen molar-refractivity contribution in [1.29, 1.82) is 0 Å². The van der Waals surface area contributed by atoms with Crippen LogP contribution < -0.4 is 14.8 Å². The molecule has 1 aliphatic carbocycles. The molecule has 0 aromatic heterocycles. The number of halogens is 1. The van der Waals surface area contributed by atoms with Crippen molar-refractivity contribution in [3.63, 3.8) is 0 Å². The van der Waals surface area contributed by atoms with E-state index in [4.69, 9.17) is 4.74 Å². The molecule has 1 aliphatic rings. The maximum absolute atomic E-state index is 13.1. The average Bonchev–Trinajstić information content (AvgIpc) is 2.76. The summed E-state index contributed by atoms with van der Waals surface area (Å²) in [7, 11) is -2.45. The first-order valence-corrected chi connectivity index (χ1v) is 12.0. The molecule has 0 aliphatic heterocycles. The smallest absolute Gasteiger partial charge is 0.251 e. The number of amides is 1. The molecule has 1 saturated carbocycles. The third-order valence-electron chi connectivity index (χ3n) is 5.75. The van der Waals surface area contributed by atoms with Crippen LogP contribution in [0.2, 0.25) is 0 Å². The Morgan fingerprint density at radius 2 is 1.84 bits per heavy atom. The number of hydrogen-bond donors (Lipinski definition) is 2. The summed E-state index contributed by atoms with van der Waals surface area (Å²) < 4.78 is 47.2. The molecule has 1 amide bonds. The summed E-state index contributed by atoms with van der Waals surface area (Å²) in [5.41, 5.74) is 1.13. The van der Waals surface area contributed by atoms with Gasteiger partial charge in [-0.1, -0.05) is 31.9 Å². The zero-order chi connectivity index (χ0) is 22.4. The minimum atomic E-state index is -3.85. The van der Waals surface area contributed by atoms with E-state index in [9.17, 15) is 17.6 Å². The Labute approximate surface area is 183 Å². The first-order valence-electron chi connectivity index (χ1n) is 10.5. The molecule has 168 valence electrons. The van der Waals surface area contributed by atoms with Crippen molar-refractivity contribution in [2.24, 2.45) is 5.92 Å². The highest BCUT2D eigenvalue weighted by atomic mass is 32.2. The fourth-order valence-electron chi connectivity index (χ4n) is 3.86. The third-order valence-corrected chi connectivity index (χ3v) is 7.26. The zero-order valence-corrected chi connectivity index (χ0v) is 18.7. The highest BCUT2D eigenvalue weighted by Crippen LogP contribution is 2.29. The molecule has 0 radical (unpaired) electrons. The van der Waals surface area contributed by atoms with Crippen LogP contribution in [0.15, 0.2) is 47.4 Å². The van der Waals surface area contributed by atoms with E-state index in [1.807, 2.05) is 0 Å². The summed E-state index contributed by atoms with van der Waals surface area (Å²) in [5.74, 6) is -0.241. The molecule has 2 aromatic carbocycles. The molecule has 2 unspecified atom stereocenters. The van der Waals surface area contributed by atoms with Gasteiger partial charge in [-0.15, -0.1) is 0 Å². The van der Waals surface area contributed by atoms with Gasteiger partial charge in [0.2, 0.25) is 10.0 Å². The van der Waals surface area contributed by atoms with Gasteiger partial charge < -0.3 is 10.1 Å². The molecule has 0 bridgehead atoms. The third kappa shape index (κ3) is 6.04. The molecule has 2 atom stereocenters. The van der Waals surface area contributed by atoms with E-state index in [1.54, 1.807) is 12.1 Å². The summed E-state index contributed by atoms with van der Waals surface area (Å²) in [6.45, 7) is 2.39. The van der Waals surface area contributed by atoms with Crippen molar-refractivity contribution in [1.82, 2.24) is 10.0 Å². The quantitative estimate of drug-likeness (QED) is 0.645. The summed E-state index contributed by atoms with van der Waals surface area (Å²) in [6.07, 6.45) is 4.42. The minimum Gasteiger partial charge on any atom is -0.495 e. The fraction of sp³-hybridized carbons (Fsp3) is 0.435. The van der Waals surface area contributed by atoms with Crippen molar-refractivity contribution >= 4 is 15.9 Å². The normalized spacial score (nSPS) is 19.1. The van der Waals surface area contributed by atoms with Crippen molar-refractivity contribution in [2.75, 3.05) is 13.7 Å². The second-order valence-corrected chi connectivity index (χ2v) is 9.67. The van der Waals surface area contributed by atoms with Crippen LogP contribution in [-0.2, 0) is 16.4 Å². The second kappa shape index (κ2) is 10.2. The molecule has 1 fully saturated rings. The molecule has 0 saturated heterocycles. The predicted octanol–water partition coefficient (Wildman–Crippen LogP) is 3.66. The van der Waals surface area contributed by atoms with Gasteiger partial charge in [0.1, 0.15) is 16.5 Å². The number of hydrogen-bond acceptors (Lipinski definition) is 4. The molecule has 2 N–H and O–H groups in total. The number of ether oxygens (including phenoxy) is 1. The van der Waals surface area contributed by atoms with E-state index in [0.29, 0.717) is 13.0 Å².